The fourth-order valence-electron chi connectivity index (χ4n) is 4.28. The molecule has 8 nitrogen and oxygen atoms in total. The first kappa shape index (κ1) is 32.0. The lowest BCUT2D eigenvalue weighted by molar-refractivity contribution is -0.140. The second-order valence-electron chi connectivity index (χ2n) is 9.08. The van der Waals surface area contributed by atoms with Crippen molar-refractivity contribution in [2.75, 3.05) is 30.3 Å². The molecule has 0 radical (unpaired) electrons. The van der Waals surface area contributed by atoms with Gasteiger partial charge in [0.15, 0.2) is 0 Å². The third-order valence-electron chi connectivity index (χ3n) is 6.37. The van der Waals surface area contributed by atoms with E-state index in [9.17, 15) is 22.4 Å². The number of anilines is 1. The third-order valence-corrected chi connectivity index (χ3v) is 8.90. The lowest BCUT2D eigenvalue weighted by atomic mass is 10.1. The maximum atomic E-state index is 14.0. The van der Waals surface area contributed by atoms with Crippen LogP contribution in [0.15, 0.2) is 82.6 Å². The second kappa shape index (κ2) is 14.9. The molecule has 3 rings (SSSR count). The first-order valence-electron chi connectivity index (χ1n) is 13.4. The number of likely N-dealkylation sites (N-methyl/N-ethyl adjacent to an activating group) is 1. The summed E-state index contributed by atoms with van der Waals surface area (Å²) in [6, 6.07) is 17.6. The van der Waals surface area contributed by atoms with E-state index in [0.717, 1.165) is 9.20 Å². The summed E-state index contributed by atoms with van der Waals surface area (Å²) >= 11 is 1.48. The largest absolute Gasteiger partial charge is 0.494 e. The summed E-state index contributed by atoms with van der Waals surface area (Å²) < 4.78 is 48.1. The maximum absolute atomic E-state index is 14.0. The highest BCUT2D eigenvalue weighted by atomic mass is 32.2. The van der Waals surface area contributed by atoms with Crippen LogP contribution in [-0.2, 0) is 26.2 Å². The lowest BCUT2D eigenvalue weighted by Crippen LogP contribution is -2.52. The number of amides is 2. The molecule has 0 aliphatic heterocycles. The van der Waals surface area contributed by atoms with Crippen LogP contribution in [0.25, 0.3) is 0 Å². The van der Waals surface area contributed by atoms with Gasteiger partial charge in [-0.1, -0.05) is 19.1 Å². The van der Waals surface area contributed by atoms with Crippen molar-refractivity contribution in [3.8, 4) is 5.75 Å². The SMILES string of the molecule is CCNC(=O)C(CC)N(Cc1ccc(F)cc1)C(=O)CN(c1ccc(OCC)cc1)S(=O)(=O)c1ccc(SC)cc1. The van der Waals surface area contributed by atoms with Crippen LogP contribution in [0.4, 0.5) is 10.1 Å². The van der Waals surface area contributed by atoms with E-state index in [1.807, 2.05) is 13.2 Å². The Morgan fingerprint density at radius 3 is 2.12 bits per heavy atom. The number of sulfonamides is 1. The highest BCUT2D eigenvalue weighted by Gasteiger charge is 2.33. The Hall–Kier alpha value is -3.57. The molecule has 0 fully saturated rings. The molecular formula is C30H36FN3O5S2. The van der Waals surface area contributed by atoms with E-state index in [0.29, 0.717) is 30.9 Å². The minimum atomic E-state index is -4.19. The zero-order valence-corrected chi connectivity index (χ0v) is 25.3. The zero-order chi connectivity index (χ0) is 30.0. The van der Waals surface area contributed by atoms with Gasteiger partial charge in [-0.25, -0.2) is 12.8 Å². The molecule has 2 amide bonds. The molecule has 3 aromatic rings. The number of carbonyl (C=O) groups is 2. The summed E-state index contributed by atoms with van der Waals surface area (Å²) in [6.07, 6.45) is 2.19. The van der Waals surface area contributed by atoms with Gasteiger partial charge in [0.25, 0.3) is 10.0 Å². The van der Waals surface area contributed by atoms with E-state index in [4.69, 9.17) is 4.74 Å². The molecule has 0 bridgehead atoms. The number of thioether (sulfide) groups is 1. The quantitative estimate of drug-likeness (QED) is 0.259. The van der Waals surface area contributed by atoms with Gasteiger partial charge in [-0.15, -0.1) is 11.8 Å². The number of nitrogens with zero attached hydrogens (tertiary/aromatic N) is 2. The normalized spacial score (nSPS) is 11.9. The van der Waals surface area contributed by atoms with Crippen LogP contribution in [0.5, 0.6) is 5.75 Å². The smallest absolute Gasteiger partial charge is 0.264 e. The van der Waals surface area contributed by atoms with Crippen LogP contribution in [0.3, 0.4) is 0 Å². The number of rotatable bonds is 14. The number of benzene rings is 3. The topological polar surface area (TPSA) is 96.0 Å². The number of carbonyl (C=O) groups excluding carboxylic acids is 2. The number of hydrogen-bond donors (Lipinski definition) is 1. The van der Waals surface area contributed by atoms with Gasteiger partial charge in [0, 0.05) is 18.0 Å². The van der Waals surface area contributed by atoms with Gasteiger partial charge in [0.1, 0.15) is 24.2 Å². The minimum absolute atomic E-state index is 0.00562. The van der Waals surface area contributed by atoms with Crippen molar-refractivity contribution in [2.24, 2.45) is 0 Å². The molecule has 0 saturated carbocycles. The summed E-state index contributed by atoms with van der Waals surface area (Å²) in [7, 11) is -4.19. The molecule has 0 aliphatic rings. The van der Waals surface area contributed by atoms with E-state index >= 15 is 0 Å². The number of ether oxygens (including phenoxy) is 1. The lowest BCUT2D eigenvalue weighted by Gasteiger charge is -2.33. The third kappa shape index (κ3) is 8.23. The van der Waals surface area contributed by atoms with Crippen LogP contribution < -0.4 is 14.4 Å². The Kier molecular flexibility index (Phi) is 11.6. The molecular weight excluding hydrogens is 565 g/mol. The Labute approximate surface area is 245 Å². The van der Waals surface area contributed by atoms with Gasteiger partial charge in [0.05, 0.1) is 17.2 Å². The Bertz CT molecular complexity index is 1400. The van der Waals surface area contributed by atoms with Crippen molar-refractivity contribution in [2.45, 2.75) is 49.6 Å². The van der Waals surface area contributed by atoms with Crippen LogP contribution >= 0.6 is 11.8 Å². The van der Waals surface area contributed by atoms with Crippen molar-refractivity contribution in [1.82, 2.24) is 10.2 Å². The molecule has 41 heavy (non-hydrogen) atoms. The molecule has 0 aliphatic carbocycles. The van der Waals surface area contributed by atoms with Crippen molar-refractivity contribution < 1.29 is 27.1 Å². The molecule has 220 valence electrons. The standard InChI is InChI=1S/C30H36FN3O5S2/c1-5-28(30(36)32-6-2)33(20-22-8-10-23(31)11-9-22)29(35)21-34(24-12-14-25(15-13-24)39-7-3)41(37,38)27-18-16-26(40-4)17-19-27/h8-19,28H,5-7,20-21H2,1-4H3,(H,32,36). The predicted octanol–water partition coefficient (Wildman–Crippen LogP) is 5.09. The molecule has 3 aromatic carbocycles. The molecule has 0 aromatic heterocycles. The summed E-state index contributed by atoms with van der Waals surface area (Å²) in [5.41, 5.74) is 0.870. The summed E-state index contributed by atoms with van der Waals surface area (Å²) in [5, 5.41) is 2.76. The van der Waals surface area contributed by atoms with Gasteiger partial charge in [0.2, 0.25) is 11.8 Å². The average Bonchev–Trinajstić information content (AvgIpc) is 2.97. The van der Waals surface area contributed by atoms with Crippen LogP contribution in [0, 0.1) is 5.82 Å². The van der Waals surface area contributed by atoms with E-state index in [-0.39, 0.29) is 23.0 Å². The second-order valence-corrected chi connectivity index (χ2v) is 11.8. The van der Waals surface area contributed by atoms with Crippen molar-refractivity contribution >= 4 is 39.3 Å². The molecule has 1 unspecified atom stereocenters. The summed E-state index contributed by atoms with van der Waals surface area (Å²) in [5.74, 6) is -0.800. The molecule has 0 spiro atoms. The Morgan fingerprint density at radius 2 is 1.59 bits per heavy atom. The van der Waals surface area contributed by atoms with Gasteiger partial charge in [-0.05, 0) is 92.8 Å². The minimum Gasteiger partial charge on any atom is -0.494 e. The van der Waals surface area contributed by atoms with Crippen molar-refractivity contribution in [3.63, 3.8) is 0 Å². The number of nitrogens with one attached hydrogen (secondary N) is 1. The monoisotopic (exact) mass is 601 g/mol. The highest BCUT2D eigenvalue weighted by Crippen LogP contribution is 2.28. The Balaban J connectivity index is 2.05. The van der Waals surface area contributed by atoms with Gasteiger partial charge >= 0.3 is 0 Å². The first-order chi connectivity index (χ1) is 19.6. The molecule has 1 atom stereocenters. The van der Waals surface area contributed by atoms with E-state index in [1.165, 1.54) is 53.1 Å². The zero-order valence-electron chi connectivity index (χ0n) is 23.7. The van der Waals surface area contributed by atoms with Crippen LogP contribution in [0.1, 0.15) is 32.8 Å². The van der Waals surface area contributed by atoms with Crippen molar-refractivity contribution in [3.05, 3.63) is 84.2 Å². The van der Waals surface area contributed by atoms with E-state index in [1.54, 1.807) is 50.2 Å². The van der Waals surface area contributed by atoms with Gasteiger partial charge < -0.3 is 15.0 Å². The summed E-state index contributed by atoms with van der Waals surface area (Å²) in [6.45, 7) is 5.64. The molecule has 0 heterocycles. The molecule has 11 heteroatoms. The number of hydrogen-bond acceptors (Lipinski definition) is 6. The maximum Gasteiger partial charge on any atom is 0.264 e. The van der Waals surface area contributed by atoms with Crippen LogP contribution in [-0.4, -0.2) is 57.1 Å². The van der Waals surface area contributed by atoms with Gasteiger partial charge in [-0.3, -0.25) is 13.9 Å². The van der Waals surface area contributed by atoms with Crippen LogP contribution in [0.2, 0.25) is 0 Å². The highest BCUT2D eigenvalue weighted by molar-refractivity contribution is 7.98. The Morgan fingerprint density at radius 1 is 0.951 bits per heavy atom. The first-order valence-corrected chi connectivity index (χ1v) is 16.0. The van der Waals surface area contributed by atoms with E-state index in [2.05, 4.69) is 5.32 Å². The van der Waals surface area contributed by atoms with Gasteiger partial charge in [-0.2, -0.15) is 0 Å². The summed E-state index contributed by atoms with van der Waals surface area (Å²) in [4.78, 5) is 29.3. The molecule has 0 saturated heterocycles. The fraction of sp³-hybridized carbons (Fsp3) is 0.333. The number of halogens is 1. The van der Waals surface area contributed by atoms with E-state index < -0.39 is 34.3 Å². The van der Waals surface area contributed by atoms with Crippen molar-refractivity contribution in [1.29, 1.82) is 0 Å². The molecule has 1 N–H and O–H groups in total. The predicted molar refractivity (Wildman–Crippen MR) is 160 cm³/mol. The average molecular weight is 602 g/mol. The fourth-order valence-corrected chi connectivity index (χ4v) is 6.10.